The second-order valence-electron chi connectivity index (χ2n) is 6.67. The number of halogens is 5. The van der Waals surface area contributed by atoms with E-state index in [1.165, 1.54) is 6.07 Å². The third kappa shape index (κ3) is 5.28. The molecule has 0 spiro atoms. The van der Waals surface area contributed by atoms with Crippen molar-refractivity contribution in [3.05, 3.63) is 27.7 Å². The molecule has 1 amide bonds. The summed E-state index contributed by atoms with van der Waals surface area (Å²) >= 11 is 11.8. The number of amides is 1. The van der Waals surface area contributed by atoms with Crippen molar-refractivity contribution >= 4 is 35.1 Å². The molecule has 4 N–H and O–H groups in total. The van der Waals surface area contributed by atoms with Gasteiger partial charge in [0.15, 0.2) is 0 Å². The van der Waals surface area contributed by atoms with Crippen molar-refractivity contribution in [2.75, 3.05) is 13.1 Å². The molecule has 2 rings (SSSR count). The number of nitrogens with zero attached hydrogens (tertiary/aromatic N) is 1. The van der Waals surface area contributed by atoms with E-state index in [2.05, 4.69) is 4.74 Å². The smallest absolute Gasteiger partial charge is 0.419 e. The van der Waals surface area contributed by atoms with E-state index in [1.54, 1.807) is 11.8 Å². The SMILES string of the molecule is C[C@@H](N)C(=O)N1CCC(C(N)c2cc(Cl)c(Cl)cc2OC(=O)C(F)(F)F)CC1. The number of hydrogen-bond acceptors (Lipinski definition) is 5. The van der Waals surface area contributed by atoms with E-state index in [0.717, 1.165) is 6.07 Å². The highest BCUT2D eigenvalue weighted by molar-refractivity contribution is 6.42. The number of esters is 1. The number of benzene rings is 1. The number of carbonyl (C=O) groups is 2. The molecular weight excluding hydrogens is 422 g/mol. The zero-order valence-corrected chi connectivity index (χ0v) is 16.4. The van der Waals surface area contributed by atoms with E-state index in [1.807, 2.05) is 0 Å². The second kappa shape index (κ2) is 8.86. The van der Waals surface area contributed by atoms with Gasteiger partial charge in [-0.05, 0) is 31.7 Å². The third-order valence-corrected chi connectivity index (χ3v) is 5.32. The van der Waals surface area contributed by atoms with Crippen LogP contribution in [0.15, 0.2) is 12.1 Å². The lowest BCUT2D eigenvalue weighted by Gasteiger charge is -2.36. The first kappa shape index (κ1) is 22.7. The quantitative estimate of drug-likeness (QED) is 0.552. The molecule has 0 aromatic heterocycles. The van der Waals surface area contributed by atoms with Crippen LogP contribution in [0.25, 0.3) is 0 Å². The van der Waals surface area contributed by atoms with Gasteiger partial charge in [0.1, 0.15) is 5.75 Å². The van der Waals surface area contributed by atoms with Gasteiger partial charge in [0.05, 0.1) is 16.1 Å². The molecule has 0 aliphatic carbocycles. The molecule has 28 heavy (non-hydrogen) atoms. The maximum Gasteiger partial charge on any atom is 0.491 e. The van der Waals surface area contributed by atoms with Crippen LogP contribution in [0.1, 0.15) is 31.4 Å². The van der Waals surface area contributed by atoms with Crippen molar-refractivity contribution in [3.8, 4) is 5.75 Å². The number of alkyl halides is 3. The molecule has 0 bridgehead atoms. The van der Waals surface area contributed by atoms with Gasteiger partial charge >= 0.3 is 12.1 Å². The van der Waals surface area contributed by atoms with Crippen LogP contribution >= 0.6 is 23.2 Å². The van der Waals surface area contributed by atoms with Crippen molar-refractivity contribution < 1.29 is 27.5 Å². The number of nitrogens with two attached hydrogens (primary N) is 2. The largest absolute Gasteiger partial charge is 0.491 e. The van der Waals surface area contributed by atoms with Crippen molar-refractivity contribution in [1.29, 1.82) is 0 Å². The molecule has 1 aromatic rings. The molecule has 1 fully saturated rings. The maximum absolute atomic E-state index is 12.6. The molecule has 1 saturated heterocycles. The lowest BCUT2D eigenvalue weighted by Crippen LogP contribution is -2.47. The van der Waals surface area contributed by atoms with E-state index in [0.29, 0.717) is 25.9 Å². The van der Waals surface area contributed by atoms with Crippen molar-refractivity contribution in [2.45, 2.75) is 38.0 Å². The Morgan fingerprint density at radius 3 is 2.21 bits per heavy atom. The highest BCUT2D eigenvalue weighted by Gasteiger charge is 2.42. The van der Waals surface area contributed by atoms with Gasteiger partial charge < -0.3 is 21.1 Å². The van der Waals surface area contributed by atoms with Crippen LogP contribution < -0.4 is 16.2 Å². The van der Waals surface area contributed by atoms with Gasteiger partial charge in [0.2, 0.25) is 5.91 Å². The Bertz CT molecular complexity index is 751. The first-order valence-electron chi connectivity index (χ1n) is 8.49. The Kier molecular flexibility index (Phi) is 7.19. The summed E-state index contributed by atoms with van der Waals surface area (Å²) in [6.07, 6.45) is -4.16. The number of rotatable bonds is 4. The average Bonchev–Trinajstić information content (AvgIpc) is 2.62. The van der Waals surface area contributed by atoms with Gasteiger partial charge in [-0.25, -0.2) is 4.79 Å². The molecule has 2 atom stereocenters. The summed E-state index contributed by atoms with van der Waals surface area (Å²) in [5, 5.41) is 0.00318. The summed E-state index contributed by atoms with van der Waals surface area (Å²) in [6.45, 7) is 2.42. The van der Waals surface area contributed by atoms with E-state index in [9.17, 15) is 22.8 Å². The molecule has 1 unspecified atom stereocenters. The summed E-state index contributed by atoms with van der Waals surface area (Å²) in [6, 6.07) is 0.955. The predicted octanol–water partition coefficient (Wildman–Crippen LogP) is 3.05. The molecule has 0 radical (unpaired) electrons. The van der Waals surface area contributed by atoms with Crippen molar-refractivity contribution in [3.63, 3.8) is 0 Å². The van der Waals surface area contributed by atoms with Gasteiger partial charge in [0, 0.05) is 30.8 Å². The standard InChI is InChI=1S/C17H20Cl2F3N3O3/c1-8(23)15(26)25-4-2-9(3-5-25)14(24)10-6-11(18)12(19)7-13(10)28-16(27)17(20,21)22/h6-9,14H,2-5,23-24H2,1H3/t8-,14?/m1/s1. The molecule has 1 aliphatic rings. The normalized spacial score (nSPS) is 17.9. The van der Waals surface area contributed by atoms with Crippen LogP contribution in [0.4, 0.5) is 13.2 Å². The zero-order chi connectivity index (χ0) is 21.2. The lowest BCUT2D eigenvalue weighted by atomic mass is 9.85. The van der Waals surface area contributed by atoms with Gasteiger partial charge in [-0.2, -0.15) is 13.2 Å². The van der Waals surface area contributed by atoms with Crippen LogP contribution in [0.5, 0.6) is 5.75 Å². The number of piperidine rings is 1. The van der Waals surface area contributed by atoms with Gasteiger partial charge in [-0.1, -0.05) is 23.2 Å². The predicted molar refractivity (Wildman–Crippen MR) is 98.0 cm³/mol. The topological polar surface area (TPSA) is 98.7 Å². The van der Waals surface area contributed by atoms with Crippen molar-refractivity contribution in [1.82, 2.24) is 4.90 Å². The van der Waals surface area contributed by atoms with Gasteiger partial charge in [-0.3, -0.25) is 4.79 Å². The Labute approximate surface area is 169 Å². The number of likely N-dealkylation sites (tertiary alicyclic amines) is 1. The highest BCUT2D eigenvalue weighted by atomic mass is 35.5. The second-order valence-corrected chi connectivity index (χ2v) is 7.48. The number of carbonyl (C=O) groups excluding carboxylic acids is 2. The van der Waals surface area contributed by atoms with E-state index in [4.69, 9.17) is 34.7 Å². The minimum Gasteiger partial charge on any atom is -0.419 e. The van der Waals surface area contributed by atoms with Gasteiger partial charge in [0.25, 0.3) is 0 Å². The molecular formula is C17H20Cl2F3N3O3. The van der Waals surface area contributed by atoms with E-state index < -0.39 is 30.0 Å². The number of hydrogen-bond donors (Lipinski definition) is 2. The maximum atomic E-state index is 12.6. The number of ether oxygens (including phenoxy) is 1. The highest BCUT2D eigenvalue weighted by Crippen LogP contribution is 2.39. The average molecular weight is 442 g/mol. The first-order valence-corrected chi connectivity index (χ1v) is 9.25. The Balaban J connectivity index is 2.21. The summed E-state index contributed by atoms with van der Waals surface area (Å²) in [4.78, 5) is 24.8. The molecule has 0 saturated carbocycles. The molecule has 156 valence electrons. The van der Waals surface area contributed by atoms with Crippen LogP contribution in [0.2, 0.25) is 10.0 Å². The summed E-state index contributed by atoms with van der Waals surface area (Å²) < 4.78 is 42.2. The van der Waals surface area contributed by atoms with Gasteiger partial charge in [-0.15, -0.1) is 0 Å². The Morgan fingerprint density at radius 2 is 1.71 bits per heavy atom. The molecule has 1 heterocycles. The van der Waals surface area contributed by atoms with Crippen LogP contribution in [0, 0.1) is 5.92 Å². The molecule has 6 nitrogen and oxygen atoms in total. The fourth-order valence-electron chi connectivity index (χ4n) is 3.07. The minimum atomic E-state index is -5.17. The summed E-state index contributed by atoms with van der Waals surface area (Å²) in [5.74, 6) is -3.12. The van der Waals surface area contributed by atoms with E-state index in [-0.39, 0.29) is 27.4 Å². The monoisotopic (exact) mass is 441 g/mol. The van der Waals surface area contributed by atoms with Crippen LogP contribution in [-0.2, 0) is 9.59 Å². The first-order chi connectivity index (χ1) is 12.9. The Morgan fingerprint density at radius 1 is 1.18 bits per heavy atom. The molecule has 1 aliphatic heterocycles. The fourth-order valence-corrected chi connectivity index (χ4v) is 3.40. The minimum absolute atomic E-state index is 0.0695. The summed E-state index contributed by atoms with van der Waals surface area (Å²) in [5.41, 5.74) is 12.0. The van der Waals surface area contributed by atoms with Crippen molar-refractivity contribution in [2.24, 2.45) is 17.4 Å². The lowest BCUT2D eigenvalue weighted by molar-refractivity contribution is -0.189. The third-order valence-electron chi connectivity index (χ3n) is 4.59. The van der Waals surface area contributed by atoms with E-state index >= 15 is 0 Å². The molecule has 11 heteroatoms. The molecule has 1 aromatic carbocycles. The van der Waals surface area contributed by atoms with Crippen LogP contribution in [-0.4, -0.2) is 42.1 Å². The summed E-state index contributed by atoms with van der Waals surface area (Å²) in [7, 11) is 0. The fraction of sp³-hybridized carbons (Fsp3) is 0.529. The van der Waals surface area contributed by atoms with Crippen LogP contribution in [0.3, 0.4) is 0 Å². The Hall–Kier alpha value is -1.55. The zero-order valence-electron chi connectivity index (χ0n) is 14.9.